The molecule has 0 spiro atoms. The van der Waals surface area contributed by atoms with Gasteiger partial charge in [-0.15, -0.1) is 0 Å². The molecule has 56 valence electrons. The molecule has 0 atom stereocenters. The van der Waals surface area contributed by atoms with E-state index < -0.39 is 0 Å². The van der Waals surface area contributed by atoms with E-state index in [-0.39, 0.29) is 0 Å². The van der Waals surface area contributed by atoms with Crippen molar-refractivity contribution in [2.45, 2.75) is 6.92 Å². The summed E-state index contributed by atoms with van der Waals surface area (Å²) in [7, 11) is 0. The summed E-state index contributed by atoms with van der Waals surface area (Å²) in [5.74, 6) is 0. The van der Waals surface area contributed by atoms with Crippen molar-refractivity contribution in [2.75, 3.05) is 0 Å². The van der Waals surface area contributed by atoms with Gasteiger partial charge < -0.3 is 0 Å². The van der Waals surface area contributed by atoms with Crippen molar-refractivity contribution in [1.29, 1.82) is 5.26 Å². The Hall–Kier alpha value is -0.330. The number of halogens is 2. The molecule has 1 nitrogen and oxygen atoms in total. The maximum atomic E-state index is 8.63. The quantitative estimate of drug-likeness (QED) is 0.711. The van der Waals surface area contributed by atoms with E-state index in [0.29, 0.717) is 5.56 Å². The number of hydrogen-bond donors (Lipinski definition) is 0. The zero-order valence-corrected chi connectivity index (χ0v) is 9.03. The molecular formula is C8H5Br2N. The second kappa shape index (κ2) is 3.38. The van der Waals surface area contributed by atoms with Crippen LogP contribution in [0, 0.1) is 18.3 Å². The predicted molar refractivity (Wildman–Crippen MR) is 51.3 cm³/mol. The van der Waals surface area contributed by atoms with Crippen LogP contribution in [0.3, 0.4) is 0 Å². The number of nitrogens with zero attached hydrogens (tertiary/aromatic N) is 1. The van der Waals surface area contributed by atoms with E-state index in [1.807, 2.05) is 13.0 Å². The molecular weight excluding hydrogens is 270 g/mol. The van der Waals surface area contributed by atoms with Gasteiger partial charge >= 0.3 is 0 Å². The number of nitriles is 1. The van der Waals surface area contributed by atoms with Crippen LogP contribution in [0.2, 0.25) is 0 Å². The van der Waals surface area contributed by atoms with Crippen molar-refractivity contribution in [3.63, 3.8) is 0 Å². The average molecular weight is 275 g/mol. The first-order valence-corrected chi connectivity index (χ1v) is 4.60. The molecule has 0 aliphatic rings. The van der Waals surface area contributed by atoms with Crippen LogP contribution in [0.25, 0.3) is 0 Å². The Balaban J connectivity index is 3.40. The average Bonchev–Trinajstić information content (AvgIpc) is 2.01. The fourth-order valence-corrected chi connectivity index (χ4v) is 1.61. The molecule has 1 rings (SSSR count). The first-order valence-electron chi connectivity index (χ1n) is 3.01. The molecule has 1 aromatic rings. The summed E-state index contributed by atoms with van der Waals surface area (Å²) < 4.78 is 1.79. The highest BCUT2D eigenvalue weighted by Gasteiger charge is 2.04. The fraction of sp³-hybridized carbons (Fsp3) is 0.125. The van der Waals surface area contributed by atoms with E-state index in [0.717, 1.165) is 14.5 Å². The topological polar surface area (TPSA) is 23.8 Å². The Morgan fingerprint density at radius 2 is 1.91 bits per heavy atom. The van der Waals surface area contributed by atoms with Gasteiger partial charge in [-0.25, -0.2) is 0 Å². The van der Waals surface area contributed by atoms with E-state index in [4.69, 9.17) is 5.26 Å². The first-order chi connectivity index (χ1) is 5.16. The molecule has 0 bridgehead atoms. The van der Waals surface area contributed by atoms with Gasteiger partial charge in [-0.3, -0.25) is 0 Å². The smallest absolute Gasteiger partial charge is 0.100 e. The molecule has 0 saturated carbocycles. The van der Waals surface area contributed by atoms with Gasteiger partial charge in [0.15, 0.2) is 0 Å². The minimum absolute atomic E-state index is 0.655. The Kier molecular flexibility index (Phi) is 2.69. The van der Waals surface area contributed by atoms with Crippen molar-refractivity contribution < 1.29 is 0 Å². The van der Waals surface area contributed by atoms with Crippen LogP contribution in [0.4, 0.5) is 0 Å². The summed E-state index contributed by atoms with van der Waals surface area (Å²) in [5, 5.41) is 8.63. The fourth-order valence-electron chi connectivity index (χ4n) is 0.732. The van der Waals surface area contributed by atoms with Gasteiger partial charge in [0.25, 0.3) is 0 Å². The highest BCUT2D eigenvalue weighted by atomic mass is 79.9. The van der Waals surface area contributed by atoms with Crippen LogP contribution >= 0.6 is 31.9 Å². The van der Waals surface area contributed by atoms with Crippen LogP contribution in [0.15, 0.2) is 21.1 Å². The number of rotatable bonds is 0. The second-order valence-electron chi connectivity index (χ2n) is 2.17. The summed E-state index contributed by atoms with van der Waals surface area (Å²) in [6.45, 7) is 1.98. The Morgan fingerprint density at radius 3 is 2.45 bits per heavy atom. The van der Waals surface area contributed by atoms with E-state index in [1.54, 1.807) is 6.07 Å². The first kappa shape index (κ1) is 8.76. The third-order valence-corrected chi connectivity index (χ3v) is 3.77. The molecule has 0 unspecified atom stereocenters. The van der Waals surface area contributed by atoms with E-state index in [2.05, 4.69) is 37.9 Å². The minimum atomic E-state index is 0.655. The van der Waals surface area contributed by atoms with Crippen LogP contribution in [-0.4, -0.2) is 0 Å². The molecule has 0 radical (unpaired) electrons. The molecule has 0 heterocycles. The standard InChI is InChI=1S/C8H5Br2N/c1-5-2-3-6(4-11)8(10)7(5)9/h2-3H,1H3. The number of benzene rings is 1. The van der Waals surface area contributed by atoms with Gasteiger partial charge in [-0.2, -0.15) is 5.26 Å². The molecule has 11 heavy (non-hydrogen) atoms. The van der Waals surface area contributed by atoms with Crippen molar-refractivity contribution in [3.05, 3.63) is 32.2 Å². The highest BCUT2D eigenvalue weighted by molar-refractivity contribution is 9.13. The lowest BCUT2D eigenvalue weighted by atomic mass is 10.2. The maximum absolute atomic E-state index is 8.63. The lowest BCUT2D eigenvalue weighted by Gasteiger charge is -2.01. The lowest BCUT2D eigenvalue weighted by molar-refractivity contribution is 1.37. The molecule has 0 aromatic heterocycles. The van der Waals surface area contributed by atoms with E-state index >= 15 is 0 Å². The van der Waals surface area contributed by atoms with Crippen LogP contribution < -0.4 is 0 Å². The summed E-state index contributed by atoms with van der Waals surface area (Å²) >= 11 is 6.69. The Morgan fingerprint density at radius 1 is 1.27 bits per heavy atom. The maximum Gasteiger partial charge on any atom is 0.100 e. The van der Waals surface area contributed by atoms with Crippen molar-refractivity contribution >= 4 is 31.9 Å². The molecule has 0 aliphatic heterocycles. The van der Waals surface area contributed by atoms with Gasteiger partial charge in [0.1, 0.15) is 6.07 Å². The lowest BCUT2D eigenvalue weighted by Crippen LogP contribution is -1.82. The van der Waals surface area contributed by atoms with Crippen molar-refractivity contribution in [2.24, 2.45) is 0 Å². The Bertz CT molecular complexity index is 326. The minimum Gasteiger partial charge on any atom is -0.192 e. The summed E-state index contributed by atoms with van der Waals surface area (Å²) in [4.78, 5) is 0. The molecule has 0 fully saturated rings. The van der Waals surface area contributed by atoms with E-state index in [9.17, 15) is 0 Å². The van der Waals surface area contributed by atoms with Gasteiger partial charge in [0, 0.05) is 8.95 Å². The Labute approximate surface area is 82.3 Å². The zero-order chi connectivity index (χ0) is 8.43. The highest BCUT2D eigenvalue weighted by Crippen LogP contribution is 2.29. The van der Waals surface area contributed by atoms with Crippen LogP contribution in [0.1, 0.15) is 11.1 Å². The zero-order valence-electron chi connectivity index (χ0n) is 5.86. The van der Waals surface area contributed by atoms with Crippen molar-refractivity contribution in [1.82, 2.24) is 0 Å². The van der Waals surface area contributed by atoms with Gasteiger partial charge in [-0.05, 0) is 50.4 Å². The van der Waals surface area contributed by atoms with Gasteiger partial charge in [0.05, 0.1) is 5.56 Å². The molecule has 1 aromatic carbocycles. The van der Waals surface area contributed by atoms with Crippen LogP contribution in [-0.2, 0) is 0 Å². The molecule has 0 saturated heterocycles. The number of aryl methyl sites for hydroxylation is 1. The van der Waals surface area contributed by atoms with E-state index in [1.165, 1.54) is 0 Å². The summed E-state index contributed by atoms with van der Waals surface area (Å²) in [6, 6.07) is 5.79. The van der Waals surface area contributed by atoms with Gasteiger partial charge in [0.2, 0.25) is 0 Å². The normalized spacial score (nSPS) is 9.27. The van der Waals surface area contributed by atoms with Gasteiger partial charge in [-0.1, -0.05) is 6.07 Å². The third-order valence-electron chi connectivity index (χ3n) is 1.40. The summed E-state index contributed by atoms with van der Waals surface area (Å²) in [6.07, 6.45) is 0. The monoisotopic (exact) mass is 273 g/mol. The third kappa shape index (κ3) is 1.63. The SMILES string of the molecule is Cc1ccc(C#N)c(Br)c1Br. The number of hydrogen-bond acceptors (Lipinski definition) is 1. The molecule has 0 N–H and O–H groups in total. The molecule has 3 heteroatoms. The molecule has 0 amide bonds. The second-order valence-corrected chi connectivity index (χ2v) is 3.76. The predicted octanol–water partition coefficient (Wildman–Crippen LogP) is 3.39. The summed E-state index contributed by atoms with van der Waals surface area (Å²) in [5.41, 5.74) is 1.78. The van der Waals surface area contributed by atoms with Crippen LogP contribution in [0.5, 0.6) is 0 Å². The van der Waals surface area contributed by atoms with Crippen molar-refractivity contribution in [3.8, 4) is 6.07 Å². The largest absolute Gasteiger partial charge is 0.192 e. The molecule has 0 aliphatic carbocycles.